The van der Waals surface area contributed by atoms with Crippen molar-refractivity contribution in [2.75, 3.05) is 4.90 Å². The molecule has 2 amide bonds. The van der Waals surface area contributed by atoms with Gasteiger partial charge in [-0.1, -0.05) is 24.3 Å². The van der Waals surface area contributed by atoms with Crippen molar-refractivity contribution in [1.82, 2.24) is 0 Å². The molecule has 1 heterocycles. The number of nitrogens with zero attached hydrogens (tertiary/aromatic N) is 1. The molecule has 1 saturated carbocycles. The van der Waals surface area contributed by atoms with Gasteiger partial charge in [0, 0.05) is 11.5 Å². The number of fused-ring (bicyclic) bond motifs is 5. The molecule has 2 aliphatic carbocycles. The third-order valence-corrected chi connectivity index (χ3v) is 5.62. The molecule has 0 spiro atoms. The SMILES string of the molecule is C=CCCC12C=CC(C1)C1C(=O)N(c3cccc(O)c3)C(=O)C12. The van der Waals surface area contributed by atoms with Crippen LogP contribution in [0.15, 0.2) is 49.1 Å². The van der Waals surface area contributed by atoms with Crippen LogP contribution in [-0.2, 0) is 9.59 Å². The minimum atomic E-state index is -0.271. The predicted octanol–water partition coefficient (Wildman–Crippen LogP) is 3.04. The lowest BCUT2D eigenvalue weighted by Crippen LogP contribution is -2.35. The lowest BCUT2D eigenvalue weighted by molar-refractivity contribution is -0.123. The summed E-state index contributed by atoms with van der Waals surface area (Å²) in [4.78, 5) is 27.2. The number of allylic oxidation sites excluding steroid dienone is 3. The monoisotopic (exact) mass is 309 g/mol. The van der Waals surface area contributed by atoms with Crippen LogP contribution in [0.5, 0.6) is 5.75 Å². The van der Waals surface area contributed by atoms with Crippen molar-refractivity contribution in [1.29, 1.82) is 0 Å². The van der Waals surface area contributed by atoms with Gasteiger partial charge in [-0.3, -0.25) is 9.59 Å². The van der Waals surface area contributed by atoms with Gasteiger partial charge in [-0.25, -0.2) is 4.90 Å². The summed E-state index contributed by atoms with van der Waals surface area (Å²) in [7, 11) is 0. The molecule has 4 atom stereocenters. The van der Waals surface area contributed by atoms with Gasteiger partial charge in [-0.2, -0.15) is 0 Å². The summed E-state index contributed by atoms with van der Waals surface area (Å²) < 4.78 is 0. The number of hydrogen-bond acceptors (Lipinski definition) is 3. The number of rotatable bonds is 4. The summed E-state index contributed by atoms with van der Waals surface area (Å²) in [6.07, 6.45) is 8.73. The van der Waals surface area contributed by atoms with Gasteiger partial charge >= 0.3 is 0 Å². The first-order valence-corrected chi connectivity index (χ1v) is 8.04. The Balaban J connectivity index is 1.73. The molecular weight excluding hydrogens is 290 g/mol. The molecule has 0 aromatic heterocycles. The van der Waals surface area contributed by atoms with Crippen molar-refractivity contribution in [2.45, 2.75) is 19.3 Å². The number of carbonyl (C=O) groups excluding carboxylic acids is 2. The van der Waals surface area contributed by atoms with E-state index in [0.29, 0.717) is 5.69 Å². The van der Waals surface area contributed by atoms with Gasteiger partial charge < -0.3 is 5.11 Å². The average Bonchev–Trinajstić information content (AvgIpc) is 3.16. The molecule has 1 aliphatic heterocycles. The molecule has 23 heavy (non-hydrogen) atoms. The smallest absolute Gasteiger partial charge is 0.238 e. The van der Waals surface area contributed by atoms with Crippen LogP contribution in [0.25, 0.3) is 0 Å². The van der Waals surface area contributed by atoms with E-state index in [4.69, 9.17) is 0 Å². The van der Waals surface area contributed by atoms with Crippen molar-refractivity contribution >= 4 is 17.5 Å². The summed E-state index contributed by atoms with van der Waals surface area (Å²) in [6.45, 7) is 3.78. The highest BCUT2D eigenvalue weighted by Gasteiger charge is 2.65. The van der Waals surface area contributed by atoms with Crippen LogP contribution in [0, 0.1) is 23.2 Å². The van der Waals surface area contributed by atoms with E-state index in [1.165, 1.54) is 17.0 Å². The van der Waals surface area contributed by atoms with E-state index < -0.39 is 0 Å². The second-order valence-electron chi connectivity index (χ2n) is 6.82. The molecule has 2 fully saturated rings. The summed E-state index contributed by atoms with van der Waals surface area (Å²) in [5.41, 5.74) is 0.259. The fourth-order valence-corrected chi connectivity index (χ4v) is 4.69. The Morgan fingerprint density at radius 3 is 2.91 bits per heavy atom. The Kier molecular flexibility index (Phi) is 2.98. The molecule has 118 valence electrons. The molecule has 1 aromatic carbocycles. The maximum Gasteiger partial charge on any atom is 0.238 e. The lowest BCUT2D eigenvalue weighted by Gasteiger charge is -2.30. The first kappa shape index (κ1) is 14.2. The summed E-state index contributed by atoms with van der Waals surface area (Å²) in [5, 5.41) is 9.66. The molecule has 1 saturated heterocycles. The number of anilines is 1. The Bertz CT molecular complexity index is 738. The number of carbonyl (C=O) groups is 2. The minimum Gasteiger partial charge on any atom is -0.508 e. The fourth-order valence-electron chi connectivity index (χ4n) is 4.69. The van der Waals surface area contributed by atoms with E-state index in [2.05, 4.69) is 18.7 Å². The number of phenolic OH excluding ortho intramolecular Hbond substituents is 1. The predicted molar refractivity (Wildman–Crippen MR) is 86.7 cm³/mol. The van der Waals surface area contributed by atoms with Crippen molar-refractivity contribution in [3.8, 4) is 5.75 Å². The molecule has 0 radical (unpaired) electrons. The highest BCUT2D eigenvalue weighted by Crippen LogP contribution is 2.62. The lowest BCUT2D eigenvalue weighted by atomic mass is 9.72. The van der Waals surface area contributed by atoms with Crippen LogP contribution in [0.3, 0.4) is 0 Å². The number of hydrogen-bond donors (Lipinski definition) is 1. The van der Waals surface area contributed by atoms with E-state index in [-0.39, 0.29) is 40.7 Å². The first-order chi connectivity index (χ1) is 11.1. The second kappa shape index (κ2) is 4.82. The zero-order valence-electron chi connectivity index (χ0n) is 12.8. The van der Waals surface area contributed by atoms with Crippen LogP contribution in [0.2, 0.25) is 0 Å². The Morgan fingerprint density at radius 2 is 2.17 bits per heavy atom. The van der Waals surface area contributed by atoms with E-state index >= 15 is 0 Å². The van der Waals surface area contributed by atoms with Gasteiger partial charge in [0.1, 0.15) is 5.75 Å². The van der Waals surface area contributed by atoms with Crippen LogP contribution in [0.4, 0.5) is 5.69 Å². The maximum absolute atomic E-state index is 13.0. The molecular formula is C19H19NO3. The second-order valence-corrected chi connectivity index (χ2v) is 6.82. The summed E-state index contributed by atoms with van der Waals surface area (Å²) in [5.74, 6) is -0.555. The molecule has 4 heteroatoms. The van der Waals surface area contributed by atoms with Crippen molar-refractivity contribution in [3.05, 3.63) is 49.1 Å². The number of amides is 2. The highest BCUT2D eigenvalue weighted by molar-refractivity contribution is 6.23. The fraction of sp³-hybridized carbons (Fsp3) is 0.368. The van der Waals surface area contributed by atoms with Crippen molar-refractivity contribution in [2.24, 2.45) is 23.2 Å². The quantitative estimate of drug-likeness (QED) is 0.687. The van der Waals surface area contributed by atoms with Crippen molar-refractivity contribution < 1.29 is 14.7 Å². The van der Waals surface area contributed by atoms with Gasteiger partial charge in [0.05, 0.1) is 17.5 Å². The minimum absolute atomic E-state index is 0.0580. The Hall–Kier alpha value is -2.36. The standard InChI is InChI=1S/C19H19NO3/c1-2-3-8-19-9-7-12(11-19)15-16(19)18(23)20(17(15)22)13-5-4-6-14(21)10-13/h2,4-7,9-10,12,15-16,21H,1,3,8,11H2. The van der Waals surface area contributed by atoms with Crippen molar-refractivity contribution in [3.63, 3.8) is 0 Å². The largest absolute Gasteiger partial charge is 0.508 e. The highest BCUT2D eigenvalue weighted by atomic mass is 16.3. The molecule has 4 nitrogen and oxygen atoms in total. The molecule has 3 aliphatic rings. The normalized spacial score (nSPS) is 34.3. The van der Waals surface area contributed by atoms with Gasteiger partial charge in [-0.15, -0.1) is 6.58 Å². The van der Waals surface area contributed by atoms with Gasteiger partial charge in [0.15, 0.2) is 0 Å². The van der Waals surface area contributed by atoms with E-state index in [0.717, 1.165) is 19.3 Å². The Morgan fingerprint density at radius 1 is 1.35 bits per heavy atom. The summed E-state index contributed by atoms with van der Waals surface area (Å²) in [6, 6.07) is 6.36. The van der Waals surface area contributed by atoms with E-state index in [1.807, 2.05) is 6.08 Å². The summed E-state index contributed by atoms with van der Waals surface area (Å²) >= 11 is 0. The van der Waals surface area contributed by atoms with Crippen LogP contribution < -0.4 is 4.90 Å². The Labute approximate surface area is 135 Å². The third-order valence-electron chi connectivity index (χ3n) is 5.62. The number of aromatic hydroxyl groups is 1. The molecule has 1 aromatic rings. The zero-order chi connectivity index (χ0) is 16.2. The first-order valence-electron chi connectivity index (χ1n) is 8.04. The van der Waals surface area contributed by atoms with E-state index in [1.54, 1.807) is 12.1 Å². The van der Waals surface area contributed by atoms with Crippen LogP contribution in [-0.4, -0.2) is 16.9 Å². The van der Waals surface area contributed by atoms with E-state index in [9.17, 15) is 14.7 Å². The van der Waals surface area contributed by atoms with Crippen LogP contribution >= 0.6 is 0 Å². The average molecular weight is 309 g/mol. The van der Waals surface area contributed by atoms with Gasteiger partial charge in [-0.05, 0) is 37.3 Å². The number of phenols is 1. The van der Waals surface area contributed by atoms with Crippen LogP contribution in [0.1, 0.15) is 19.3 Å². The van der Waals surface area contributed by atoms with Gasteiger partial charge in [0.2, 0.25) is 11.8 Å². The third kappa shape index (κ3) is 1.84. The molecule has 4 unspecified atom stereocenters. The molecule has 4 rings (SSSR count). The molecule has 2 bridgehead atoms. The molecule has 1 N–H and O–H groups in total. The number of benzene rings is 1. The van der Waals surface area contributed by atoms with Gasteiger partial charge in [0.25, 0.3) is 0 Å². The zero-order valence-corrected chi connectivity index (χ0v) is 12.8. The maximum atomic E-state index is 13.0. The number of imide groups is 1. The topological polar surface area (TPSA) is 57.6 Å².